The van der Waals surface area contributed by atoms with Crippen molar-refractivity contribution in [2.75, 3.05) is 17.2 Å². The van der Waals surface area contributed by atoms with Crippen molar-refractivity contribution in [2.45, 2.75) is 19.4 Å². The minimum Gasteiger partial charge on any atom is -0.394 e. The topological polar surface area (TPSA) is 74.2 Å². The van der Waals surface area contributed by atoms with Crippen LogP contribution in [0.3, 0.4) is 0 Å². The lowest BCUT2D eigenvalue weighted by Gasteiger charge is -2.24. The molecule has 0 aliphatic rings. The maximum absolute atomic E-state index is 12.0. The molecule has 0 bridgehead atoms. The van der Waals surface area contributed by atoms with Crippen molar-refractivity contribution >= 4 is 17.4 Å². The van der Waals surface area contributed by atoms with Crippen LogP contribution >= 0.6 is 0 Å². The van der Waals surface area contributed by atoms with Gasteiger partial charge in [0.1, 0.15) is 5.82 Å². The molecule has 0 aliphatic heterocycles. The highest BCUT2D eigenvalue weighted by Gasteiger charge is 2.16. The summed E-state index contributed by atoms with van der Waals surface area (Å²) in [5, 5.41) is 15.1. The van der Waals surface area contributed by atoms with Crippen LogP contribution in [0.2, 0.25) is 0 Å². The molecule has 5 nitrogen and oxygen atoms in total. The Balaban J connectivity index is 2.01. The highest BCUT2D eigenvalue weighted by Crippen LogP contribution is 2.15. The van der Waals surface area contributed by atoms with Crippen LogP contribution in [0.4, 0.5) is 11.5 Å². The van der Waals surface area contributed by atoms with Crippen molar-refractivity contribution in [3.05, 3.63) is 54.2 Å². The maximum Gasteiger partial charge on any atom is 0.255 e. The van der Waals surface area contributed by atoms with Crippen molar-refractivity contribution < 1.29 is 9.90 Å². The first-order chi connectivity index (χ1) is 10.00. The number of hydrogen-bond acceptors (Lipinski definition) is 4. The zero-order valence-corrected chi connectivity index (χ0v) is 12.1. The number of rotatable bonds is 5. The molecule has 0 saturated carbocycles. The maximum atomic E-state index is 12.0. The first-order valence-electron chi connectivity index (χ1n) is 6.72. The average molecular weight is 285 g/mol. The van der Waals surface area contributed by atoms with Crippen LogP contribution in [-0.4, -0.2) is 28.1 Å². The number of nitrogens with zero attached hydrogens (tertiary/aromatic N) is 1. The van der Waals surface area contributed by atoms with Crippen LogP contribution in [0.15, 0.2) is 48.7 Å². The van der Waals surface area contributed by atoms with E-state index in [1.165, 1.54) is 0 Å². The van der Waals surface area contributed by atoms with Gasteiger partial charge in [-0.1, -0.05) is 18.2 Å². The second-order valence-electron chi connectivity index (χ2n) is 5.42. The summed E-state index contributed by atoms with van der Waals surface area (Å²) in [6, 6.07) is 12.5. The van der Waals surface area contributed by atoms with E-state index < -0.39 is 5.54 Å². The number of carbonyl (C=O) groups is 1. The first kappa shape index (κ1) is 15.0. The van der Waals surface area contributed by atoms with E-state index in [0.29, 0.717) is 17.1 Å². The normalized spacial score (nSPS) is 11.0. The number of amides is 1. The smallest absolute Gasteiger partial charge is 0.255 e. The second kappa shape index (κ2) is 6.37. The summed E-state index contributed by atoms with van der Waals surface area (Å²) in [4.78, 5) is 16.2. The summed E-state index contributed by atoms with van der Waals surface area (Å²) in [5.74, 6) is 0.473. The molecule has 0 unspecified atom stereocenters. The number of pyridine rings is 1. The lowest BCUT2D eigenvalue weighted by atomic mass is 10.1. The van der Waals surface area contributed by atoms with E-state index >= 15 is 0 Å². The van der Waals surface area contributed by atoms with Gasteiger partial charge in [0.15, 0.2) is 0 Å². The lowest BCUT2D eigenvalue weighted by molar-refractivity contribution is 0.102. The highest BCUT2D eigenvalue weighted by molar-refractivity contribution is 6.04. The fourth-order valence-corrected chi connectivity index (χ4v) is 1.72. The summed E-state index contributed by atoms with van der Waals surface area (Å²) in [5.41, 5.74) is 0.777. The Hall–Kier alpha value is -2.40. The number of nitrogens with one attached hydrogen (secondary N) is 2. The van der Waals surface area contributed by atoms with Gasteiger partial charge >= 0.3 is 0 Å². The first-order valence-corrected chi connectivity index (χ1v) is 6.72. The van der Waals surface area contributed by atoms with Crippen LogP contribution < -0.4 is 10.6 Å². The van der Waals surface area contributed by atoms with Crippen molar-refractivity contribution in [3.8, 4) is 0 Å². The summed E-state index contributed by atoms with van der Waals surface area (Å²) in [7, 11) is 0. The SMILES string of the molecule is CC(C)(CO)Nc1ccc(NC(=O)c2ccccc2)cn1. The molecule has 1 aromatic carbocycles. The Morgan fingerprint density at radius 3 is 2.48 bits per heavy atom. The van der Waals surface area contributed by atoms with Crippen molar-refractivity contribution in [2.24, 2.45) is 0 Å². The van der Waals surface area contributed by atoms with Crippen LogP contribution in [-0.2, 0) is 0 Å². The van der Waals surface area contributed by atoms with E-state index in [1.807, 2.05) is 32.0 Å². The number of hydrogen-bond donors (Lipinski definition) is 3. The van der Waals surface area contributed by atoms with Gasteiger partial charge in [-0.15, -0.1) is 0 Å². The van der Waals surface area contributed by atoms with E-state index in [0.717, 1.165) is 0 Å². The van der Waals surface area contributed by atoms with Gasteiger partial charge in [0.25, 0.3) is 5.91 Å². The zero-order chi connectivity index (χ0) is 15.3. The summed E-state index contributed by atoms with van der Waals surface area (Å²) >= 11 is 0. The average Bonchev–Trinajstić information content (AvgIpc) is 2.50. The number of benzene rings is 1. The number of aliphatic hydroxyl groups excluding tert-OH is 1. The molecular weight excluding hydrogens is 266 g/mol. The van der Waals surface area contributed by atoms with Gasteiger partial charge in [0, 0.05) is 5.56 Å². The molecule has 1 aromatic heterocycles. The number of anilines is 2. The van der Waals surface area contributed by atoms with Crippen LogP contribution in [0, 0.1) is 0 Å². The molecule has 5 heteroatoms. The standard InChI is InChI=1S/C16H19N3O2/c1-16(2,11-20)19-14-9-8-13(10-17-14)18-15(21)12-6-4-3-5-7-12/h3-10,20H,11H2,1-2H3,(H,17,19)(H,18,21). The zero-order valence-electron chi connectivity index (χ0n) is 12.1. The van der Waals surface area contributed by atoms with Crippen LogP contribution in [0.5, 0.6) is 0 Å². The predicted molar refractivity (Wildman–Crippen MR) is 83.4 cm³/mol. The third-order valence-corrected chi connectivity index (χ3v) is 2.92. The molecule has 110 valence electrons. The van der Waals surface area contributed by atoms with Gasteiger partial charge in [0.05, 0.1) is 24.0 Å². The Morgan fingerprint density at radius 2 is 1.90 bits per heavy atom. The fourth-order valence-electron chi connectivity index (χ4n) is 1.72. The third-order valence-electron chi connectivity index (χ3n) is 2.92. The Labute approximate surface area is 124 Å². The van der Waals surface area contributed by atoms with Gasteiger partial charge in [-0.05, 0) is 38.1 Å². The predicted octanol–water partition coefficient (Wildman–Crippen LogP) is 2.52. The minimum atomic E-state index is -0.443. The molecule has 1 amide bonds. The van der Waals surface area contributed by atoms with E-state index in [1.54, 1.807) is 30.5 Å². The molecule has 21 heavy (non-hydrogen) atoms. The number of aromatic nitrogens is 1. The molecular formula is C16H19N3O2. The van der Waals surface area contributed by atoms with Crippen LogP contribution in [0.1, 0.15) is 24.2 Å². The summed E-state index contributed by atoms with van der Waals surface area (Å²) in [6.45, 7) is 3.75. The van der Waals surface area contributed by atoms with E-state index in [-0.39, 0.29) is 12.5 Å². The van der Waals surface area contributed by atoms with Crippen molar-refractivity contribution in [3.63, 3.8) is 0 Å². The molecule has 0 saturated heterocycles. The van der Waals surface area contributed by atoms with E-state index in [4.69, 9.17) is 0 Å². The molecule has 2 aromatic rings. The van der Waals surface area contributed by atoms with Gasteiger partial charge < -0.3 is 15.7 Å². The molecule has 0 fully saturated rings. The Bertz CT molecular complexity index is 595. The third kappa shape index (κ3) is 4.29. The number of carbonyl (C=O) groups excluding carboxylic acids is 1. The summed E-state index contributed by atoms with van der Waals surface area (Å²) < 4.78 is 0. The summed E-state index contributed by atoms with van der Waals surface area (Å²) in [6.07, 6.45) is 1.58. The quantitative estimate of drug-likeness (QED) is 0.789. The Kier molecular flexibility index (Phi) is 4.55. The van der Waals surface area contributed by atoms with Gasteiger partial charge in [-0.2, -0.15) is 0 Å². The van der Waals surface area contributed by atoms with Crippen molar-refractivity contribution in [1.82, 2.24) is 4.98 Å². The van der Waals surface area contributed by atoms with E-state index in [2.05, 4.69) is 15.6 Å². The molecule has 0 spiro atoms. The molecule has 0 atom stereocenters. The fraction of sp³-hybridized carbons (Fsp3) is 0.250. The largest absolute Gasteiger partial charge is 0.394 e. The van der Waals surface area contributed by atoms with Gasteiger partial charge in [-0.3, -0.25) is 4.79 Å². The van der Waals surface area contributed by atoms with Gasteiger partial charge in [0.2, 0.25) is 0 Å². The molecule has 0 aliphatic carbocycles. The van der Waals surface area contributed by atoms with Crippen LogP contribution in [0.25, 0.3) is 0 Å². The second-order valence-corrected chi connectivity index (χ2v) is 5.42. The van der Waals surface area contributed by atoms with E-state index in [9.17, 15) is 9.90 Å². The molecule has 0 radical (unpaired) electrons. The molecule has 2 rings (SSSR count). The molecule has 1 heterocycles. The number of aliphatic hydroxyl groups is 1. The van der Waals surface area contributed by atoms with Crippen molar-refractivity contribution in [1.29, 1.82) is 0 Å². The molecule has 3 N–H and O–H groups in total. The highest BCUT2D eigenvalue weighted by atomic mass is 16.3. The monoisotopic (exact) mass is 285 g/mol. The lowest BCUT2D eigenvalue weighted by Crippen LogP contribution is -2.35. The Morgan fingerprint density at radius 1 is 1.19 bits per heavy atom. The minimum absolute atomic E-state index is 0.00117. The van der Waals surface area contributed by atoms with Gasteiger partial charge in [-0.25, -0.2) is 4.98 Å².